The van der Waals surface area contributed by atoms with E-state index in [1.54, 1.807) is 13.8 Å². The molecule has 2 unspecified atom stereocenters. The van der Waals surface area contributed by atoms with Gasteiger partial charge in [-0.3, -0.25) is 4.79 Å². The van der Waals surface area contributed by atoms with Gasteiger partial charge in [0, 0.05) is 24.3 Å². The van der Waals surface area contributed by atoms with Gasteiger partial charge in [0.05, 0.1) is 6.42 Å². The second-order valence-corrected chi connectivity index (χ2v) is 4.55. The Hall–Kier alpha value is -1.56. The number of carbonyl (C=O) groups excluding carboxylic acids is 1. The molecule has 19 heavy (non-hydrogen) atoms. The zero-order chi connectivity index (χ0) is 14.6. The SMILES string of the molecule is CC(CO)C(C)NC(=O)Cc1cc(F)c(F)cc1F. The minimum atomic E-state index is -1.29. The Labute approximate surface area is 109 Å². The third-order valence-electron chi connectivity index (χ3n) is 2.97. The number of hydrogen-bond acceptors (Lipinski definition) is 2. The van der Waals surface area contributed by atoms with Crippen molar-refractivity contribution in [2.45, 2.75) is 26.3 Å². The van der Waals surface area contributed by atoms with Gasteiger partial charge < -0.3 is 10.4 Å². The molecule has 0 aliphatic rings. The smallest absolute Gasteiger partial charge is 0.224 e. The highest BCUT2D eigenvalue weighted by molar-refractivity contribution is 5.78. The zero-order valence-corrected chi connectivity index (χ0v) is 10.7. The molecule has 0 aromatic heterocycles. The molecule has 106 valence electrons. The van der Waals surface area contributed by atoms with Gasteiger partial charge in [0.25, 0.3) is 0 Å². The molecule has 0 spiro atoms. The standard InChI is InChI=1S/C13H16F3NO2/c1-7(6-18)8(2)17-13(19)4-9-3-11(15)12(16)5-10(9)14/h3,5,7-8,18H,4,6H2,1-2H3,(H,17,19). The molecule has 1 aromatic rings. The van der Waals surface area contributed by atoms with Crippen LogP contribution in [0.5, 0.6) is 0 Å². The summed E-state index contributed by atoms with van der Waals surface area (Å²) >= 11 is 0. The zero-order valence-electron chi connectivity index (χ0n) is 10.7. The number of nitrogens with one attached hydrogen (secondary N) is 1. The lowest BCUT2D eigenvalue weighted by Crippen LogP contribution is -2.39. The lowest BCUT2D eigenvalue weighted by Gasteiger charge is -2.19. The van der Waals surface area contributed by atoms with Crippen molar-refractivity contribution in [3.05, 3.63) is 35.1 Å². The third-order valence-corrected chi connectivity index (χ3v) is 2.97. The first kappa shape index (κ1) is 15.5. The monoisotopic (exact) mass is 275 g/mol. The van der Waals surface area contributed by atoms with E-state index in [-0.39, 0.29) is 30.6 Å². The van der Waals surface area contributed by atoms with Crippen molar-refractivity contribution in [2.24, 2.45) is 5.92 Å². The molecule has 0 bridgehead atoms. The van der Waals surface area contributed by atoms with Gasteiger partial charge in [-0.15, -0.1) is 0 Å². The molecule has 6 heteroatoms. The van der Waals surface area contributed by atoms with Crippen LogP contribution in [0.2, 0.25) is 0 Å². The molecule has 1 aromatic carbocycles. The summed E-state index contributed by atoms with van der Waals surface area (Å²) in [5.74, 6) is -4.11. The summed E-state index contributed by atoms with van der Waals surface area (Å²) in [5.41, 5.74) is -0.208. The molecule has 0 saturated heterocycles. The van der Waals surface area contributed by atoms with Gasteiger partial charge in [0.15, 0.2) is 11.6 Å². The largest absolute Gasteiger partial charge is 0.396 e. The number of aliphatic hydroxyl groups excluding tert-OH is 1. The number of hydrogen-bond donors (Lipinski definition) is 2. The summed E-state index contributed by atoms with van der Waals surface area (Å²) in [7, 11) is 0. The molecule has 2 atom stereocenters. The number of aliphatic hydroxyl groups is 1. The Balaban J connectivity index is 2.70. The highest BCUT2D eigenvalue weighted by atomic mass is 19.2. The first-order valence-corrected chi connectivity index (χ1v) is 5.88. The Morgan fingerprint density at radius 2 is 1.79 bits per heavy atom. The van der Waals surface area contributed by atoms with Crippen LogP contribution in [0.4, 0.5) is 13.2 Å². The van der Waals surface area contributed by atoms with Crippen LogP contribution in [-0.4, -0.2) is 23.7 Å². The van der Waals surface area contributed by atoms with Crippen LogP contribution >= 0.6 is 0 Å². The average molecular weight is 275 g/mol. The molecule has 0 fully saturated rings. The summed E-state index contributed by atoms with van der Waals surface area (Å²) in [6.07, 6.45) is -0.383. The van der Waals surface area contributed by atoms with E-state index in [1.807, 2.05) is 0 Å². The van der Waals surface area contributed by atoms with E-state index in [9.17, 15) is 18.0 Å². The molecule has 1 rings (SSSR count). The van der Waals surface area contributed by atoms with Crippen molar-refractivity contribution in [1.29, 1.82) is 0 Å². The van der Waals surface area contributed by atoms with Crippen molar-refractivity contribution < 1.29 is 23.1 Å². The summed E-state index contributed by atoms with van der Waals surface area (Å²) < 4.78 is 39.0. The van der Waals surface area contributed by atoms with Crippen LogP contribution in [0.25, 0.3) is 0 Å². The quantitative estimate of drug-likeness (QED) is 0.805. The maximum absolute atomic E-state index is 13.3. The highest BCUT2D eigenvalue weighted by Crippen LogP contribution is 2.14. The Bertz CT molecular complexity index is 465. The van der Waals surface area contributed by atoms with E-state index in [1.165, 1.54) is 0 Å². The fraction of sp³-hybridized carbons (Fsp3) is 0.462. The fourth-order valence-corrected chi connectivity index (χ4v) is 1.48. The predicted molar refractivity (Wildman–Crippen MR) is 63.9 cm³/mol. The Morgan fingerprint density at radius 3 is 2.37 bits per heavy atom. The second kappa shape index (κ2) is 6.56. The van der Waals surface area contributed by atoms with Crippen molar-refractivity contribution in [2.75, 3.05) is 6.61 Å². The number of carbonyl (C=O) groups is 1. The molecule has 0 aliphatic carbocycles. The van der Waals surface area contributed by atoms with E-state index in [0.717, 1.165) is 0 Å². The minimum Gasteiger partial charge on any atom is -0.396 e. The van der Waals surface area contributed by atoms with Gasteiger partial charge in [-0.2, -0.15) is 0 Å². The van der Waals surface area contributed by atoms with Gasteiger partial charge >= 0.3 is 0 Å². The van der Waals surface area contributed by atoms with Crippen molar-refractivity contribution in [3.63, 3.8) is 0 Å². The lowest BCUT2D eigenvalue weighted by molar-refractivity contribution is -0.121. The van der Waals surface area contributed by atoms with E-state index < -0.39 is 23.4 Å². The summed E-state index contributed by atoms with van der Waals surface area (Å²) in [5, 5.41) is 11.5. The van der Waals surface area contributed by atoms with Crippen LogP contribution in [-0.2, 0) is 11.2 Å². The molecular formula is C13H16F3NO2. The highest BCUT2D eigenvalue weighted by Gasteiger charge is 2.17. The van der Waals surface area contributed by atoms with Gasteiger partial charge in [0.1, 0.15) is 5.82 Å². The van der Waals surface area contributed by atoms with E-state index in [0.29, 0.717) is 12.1 Å². The third kappa shape index (κ3) is 4.24. The molecule has 0 radical (unpaired) electrons. The topological polar surface area (TPSA) is 49.3 Å². The Morgan fingerprint density at radius 1 is 1.21 bits per heavy atom. The molecule has 3 nitrogen and oxygen atoms in total. The van der Waals surface area contributed by atoms with Crippen molar-refractivity contribution in [1.82, 2.24) is 5.32 Å². The van der Waals surface area contributed by atoms with Crippen LogP contribution in [0.1, 0.15) is 19.4 Å². The van der Waals surface area contributed by atoms with E-state index in [4.69, 9.17) is 5.11 Å². The molecule has 2 N–H and O–H groups in total. The van der Waals surface area contributed by atoms with Gasteiger partial charge in [-0.05, 0) is 18.9 Å². The van der Waals surface area contributed by atoms with E-state index >= 15 is 0 Å². The summed E-state index contributed by atoms with van der Waals surface area (Å²) in [6, 6.07) is 0.785. The molecule has 0 heterocycles. The second-order valence-electron chi connectivity index (χ2n) is 4.55. The van der Waals surface area contributed by atoms with Crippen LogP contribution in [0, 0.1) is 23.4 Å². The van der Waals surface area contributed by atoms with Crippen LogP contribution in [0.15, 0.2) is 12.1 Å². The fourth-order valence-electron chi connectivity index (χ4n) is 1.48. The minimum absolute atomic E-state index is 0.0962. The first-order valence-electron chi connectivity index (χ1n) is 5.88. The summed E-state index contributed by atoms with van der Waals surface area (Å²) in [4.78, 5) is 11.6. The first-order chi connectivity index (χ1) is 8.85. The number of amides is 1. The number of halogens is 3. The summed E-state index contributed by atoms with van der Waals surface area (Å²) in [6.45, 7) is 3.34. The Kier molecular flexibility index (Phi) is 5.35. The lowest BCUT2D eigenvalue weighted by atomic mass is 10.0. The molecule has 0 saturated carbocycles. The van der Waals surface area contributed by atoms with Crippen molar-refractivity contribution >= 4 is 5.91 Å². The maximum Gasteiger partial charge on any atom is 0.224 e. The van der Waals surface area contributed by atoms with Crippen LogP contribution < -0.4 is 5.32 Å². The maximum atomic E-state index is 13.3. The predicted octanol–water partition coefficient (Wildman–Crippen LogP) is 1.78. The van der Waals surface area contributed by atoms with Gasteiger partial charge in [-0.25, -0.2) is 13.2 Å². The number of benzene rings is 1. The number of rotatable bonds is 5. The molecule has 0 aliphatic heterocycles. The van der Waals surface area contributed by atoms with E-state index in [2.05, 4.69) is 5.32 Å². The van der Waals surface area contributed by atoms with Crippen LogP contribution in [0.3, 0.4) is 0 Å². The van der Waals surface area contributed by atoms with Crippen molar-refractivity contribution in [3.8, 4) is 0 Å². The molecular weight excluding hydrogens is 259 g/mol. The normalized spacial score (nSPS) is 14.0. The molecule has 1 amide bonds. The van der Waals surface area contributed by atoms with Gasteiger partial charge in [0.2, 0.25) is 5.91 Å². The average Bonchev–Trinajstić information content (AvgIpc) is 2.34. The van der Waals surface area contributed by atoms with Gasteiger partial charge in [-0.1, -0.05) is 6.92 Å².